The fourth-order valence-corrected chi connectivity index (χ4v) is 4.20. The topological polar surface area (TPSA) is 125 Å². The van der Waals surface area contributed by atoms with Crippen molar-refractivity contribution in [3.63, 3.8) is 0 Å². The zero-order chi connectivity index (χ0) is 22.7. The Labute approximate surface area is 185 Å². The number of benzene rings is 2. The van der Waals surface area contributed by atoms with Crippen LogP contribution in [0.15, 0.2) is 48.5 Å². The summed E-state index contributed by atoms with van der Waals surface area (Å²) in [5.74, 6) is -1.69. The van der Waals surface area contributed by atoms with Gasteiger partial charge in [0.25, 0.3) is 0 Å². The molecule has 0 aliphatic heterocycles. The first-order chi connectivity index (χ1) is 15.4. The number of hydrogen-bond acceptors (Lipinski definition) is 5. The zero-order valence-corrected chi connectivity index (χ0v) is 17.5. The number of aliphatic carboxylic acids is 1. The van der Waals surface area contributed by atoms with E-state index < -0.39 is 30.1 Å². The largest absolute Gasteiger partial charge is 0.479 e. The second-order valence-electron chi connectivity index (χ2n) is 8.28. The van der Waals surface area contributed by atoms with E-state index in [0.29, 0.717) is 0 Å². The van der Waals surface area contributed by atoms with Gasteiger partial charge >= 0.3 is 12.1 Å². The SMILES string of the molecule is O=C(CC(NC(=O)OCC1c2ccccc2-c2ccccc21)C1CC1)NCC(O)C(=O)O. The van der Waals surface area contributed by atoms with Crippen LogP contribution in [0.2, 0.25) is 0 Å². The first kappa shape index (κ1) is 21.8. The lowest BCUT2D eigenvalue weighted by molar-refractivity contribution is -0.146. The van der Waals surface area contributed by atoms with Crippen molar-refractivity contribution < 1.29 is 29.3 Å². The molecule has 2 unspecified atom stereocenters. The van der Waals surface area contributed by atoms with Gasteiger partial charge in [-0.3, -0.25) is 4.79 Å². The molecule has 0 aromatic heterocycles. The van der Waals surface area contributed by atoms with Crippen LogP contribution < -0.4 is 10.6 Å². The molecule has 1 fully saturated rings. The third-order valence-electron chi connectivity index (χ3n) is 6.02. The van der Waals surface area contributed by atoms with Gasteiger partial charge in [-0.25, -0.2) is 9.59 Å². The summed E-state index contributed by atoms with van der Waals surface area (Å²) in [6.07, 6.45) is -0.435. The number of rotatable bonds is 9. The van der Waals surface area contributed by atoms with Gasteiger partial charge in [0.1, 0.15) is 6.61 Å². The Kier molecular flexibility index (Phi) is 6.41. The van der Waals surface area contributed by atoms with Crippen LogP contribution in [0.1, 0.15) is 36.3 Å². The maximum absolute atomic E-state index is 12.5. The molecule has 8 heteroatoms. The Bertz CT molecular complexity index is 974. The number of ether oxygens (including phenoxy) is 1. The molecule has 2 amide bonds. The summed E-state index contributed by atoms with van der Waals surface area (Å²) < 4.78 is 5.56. The number of carboxylic acid groups (broad SMARTS) is 1. The summed E-state index contributed by atoms with van der Waals surface area (Å²) in [6.45, 7) is -0.190. The Morgan fingerprint density at radius 3 is 2.16 bits per heavy atom. The molecule has 2 aromatic carbocycles. The van der Waals surface area contributed by atoms with Crippen LogP contribution in [0.4, 0.5) is 4.79 Å². The highest BCUT2D eigenvalue weighted by Crippen LogP contribution is 2.44. The fraction of sp³-hybridized carbons (Fsp3) is 0.375. The van der Waals surface area contributed by atoms with Crippen LogP contribution in [-0.2, 0) is 14.3 Å². The summed E-state index contributed by atoms with van der Waals surface area (Å²) >= 11 is 0. The number of hydrogen-bond donors (Lipinski definition) is 4. The fourth-order valence-electron chi connectivity index (χ4n) is 4.20. The molecular weight excluding hydrogens is 412 g/mol. The summed E-state index contributed by atoms with van der Waals surface area (Å²) in [6, 6.07) is 15.8. The van der Waals surface area contributed by atoms with Gasteiger partial charge in [0.2, 0.25) is 5.91 Å². The van der Waals surface area contributed by atoms with Gasteiger partial charge in [-0.2, -0.15) is 0 Å². The molecule has 0 heterocycles. The van der Waals surface area contributed by atoms with Crippen molar-refractivity contribution in [1.82, 2.24) is 10.6 Å². The summed E-state index contributed by atoms with van der Waals surface area (Å²) in [5, 5.41) is 23.2. The standard InChI is InChI=1S/C24H26N2O6/c27-21(23(29)30)12-25-22(28)11-20(14-9-10-14)26-24(31)32-13-19-17-7-3-1-5-15(17)16-6-2-4-8-18(16)19/h1-8,14,19-21,27H,9-13H2,(H,25,28)(H,26,31)(H,29,30). The number of aliphatic hydroxyl groups excluding tert-OH is 1. The molecule has 2 atom stereocenters. The molecule has 168 valence electrons. The Balaban J connectivity index is 1.33. The van der Waals surface area contributed by atoms with E-state index in [2.05, 4.69) is 22.8 Å². The van der Waals surface area contributed by atoms with Crippen molar-refractivity contribution in [3.05, 3.63) is 59.7 Å². The lowest BCUT2D eigenvalue weighted by Crippen LogP contribution is -2.43. The monoisotopic (exact) mass is 438 g/mol. The van der Waals surface area contributed by atoms with E-state index in [1.165, 1.54) is 0 Å². The minimum atomic E-state index is -1.66. The van der Waals surface area contributed by atoms with Gasteiger partial charge < -0.3 is 25.6 Å². The molecule has 0 bridgehead atoms. The molecule has 4 N–H and O–H groups in total. The molecule has 2 aromatic rings. The number of fused-ring (bicyclic) bond motifs is 3. The summed E-state index contributed by atoms with van der Waals surface area (Å²) in [4.78, 5) is 35.3. The van der Waals surface area contributed by atoms with Crippen LogP contribution in [0.25, 0.3) is 11.1 Å². The van der Waals surface area contributed by atoms with E-state index in [1.807, 2.05) is 36.4 Å². The van der Waals surface area contributed by atoms with Gasteiger partial charge in [-0.15, -0.1) is 0 Å². The maximum atomic E-state index is 12.5. The second kappa shape index (κ2) is 9.40. The van der Waals surface area contributed by atoms with Crippen molar-refractivity contribution in [3.8, 4) is 11.1 Å². The number of carboxylic acids is 1. The van der Waals surface area contributed by atoms with Crippen LogP contribution in [0.5, 0.6) is 0 Å². The summed E-state index contributed by atoms with van der Waals surface area (Å²) in [5.41, 5.74) is 4.54. The number of alkyl carbamates (subject to hydrolysis) is 1. The van der Waals surface area contributed by atoms with E-state index in [1.54, 1.807) is 0 Å². The van der Waals surface area contributed by atoms with Crippen LogP contribution in [0, 0.1) is 5.92 Å². The average Bonchev–Trinajstić information content (AvgIpc) is 3.58. The third-order valence-corrected chi connectivity index (χ3v) is 6.02. The molecule has 2 aliphatic rings. The lowest BCUT2D eigenvalue weighted by atomic mass is 9.98. The van der Waals surface area contributed by atoms with Crippen molar-refractivity contribution in [2.24, 2.45) is 5.92 Å². The van der Waals surface area contributed by atoms with Crippen LogP contribution in [-0.4, -0.2) is 53.5 Å². The minimum absolute atomic E-state index is 0.00119. The quantitative estimate of drug-likeness (QED) is 0.476. The van der Waals surface area contributed by atoms with E-state index in [4.69, 9.17) is 9.84 Å². The van der Waals surface area contributed by atoms with E-state index in [0.717, 1.165) is 35.1 Å². The molecule has 32 heavy (non-hydrogen) atoms. The second-order valence-corrected chi connectivity index (χ2v) is 8.28. The van der Waals surface area contributed by atoms with Crippen molar-refractivity contribution in [2.45, 2.75) is 37.3 Å². The third kappa shape index (κ3) is 4.91. The number of amides is 2. The van der Waals surface area contributed by atoms with Crippen LogP contribution in [0.3, 0.4) is 0 Å². The normalized spacial score (nSPS) is 16.4. The van der Waals surface area contributed by atoms with Gasteiger partial charge in [-0.05, 0) is 41.0 Å². The minimum Gasteiger partial charge on any atom is -0.479 e. The Morgan fingerprint density at radius 1 is 1.00 bits per heavy atom. The van der Waals surface area contributed by atoms with Crippen molar-refractivity contribution >= 4 is 18.0 Å². The predicted octanol–water partition coefficient (Wildman–Crippen LogP) is 2.26. The van der Waals surface area contributed by atoms with Gasteiger partial charge in [0, 0.05) is 18.4 Å². The molecule has 0 saturated heterocycles. The maximum Gasteiger partial charge on any atom is 0.407 e. The molecule has 4 rings (SSSR count). The smallest absolute Gasteiger partial charge is 0.407 e. The highest BCUT2D eigenvalue weighted by Gasteiger charge is 2.35. The van der Waals surface area contributed by atoms with E-state index >= 15 is 0 Å². The average molecular weight is 438 g/mol. The molecule has 8 nitrogen and oxygen atoms in total. The number of carbonyl (C=O) groups is 3. The Morgan fingerprint density at radius 2 is 1.59 bits per heavy atom. The number of carbonyl (C=O) groups excluding carboxylic acids is 2. The van der Waals surface area contributed by atoms with Crippen LogP contribution >= 0.6 is 0 Å². The molecule has 1 saturated carbocycles. The van der Waals surface area contributed by atoms with Gasteiger partial charge in [0.15, 0.2) is 6.10 Å². The highest BCUT2D eigenvalue weighted by molar-refractivity contribution is 5.80. The predicted molar refractivity (Wildman–Crippen MR) is 116 cm³/mol. The Hall–Kier alpha value is -3.39. The number of aliphatic hydroxyl groups is 1. The first-order valence-electron chi connectivity index (χ1n) is 10.7. The summed E-state index contributed by atoms with van der Waals surface area (Å²) in [7, 11) is 0. The van der Waals surface area contributed by atoms with E-state index in [-0.39, 0.29) is 31.4 Å². The number of nitrogens with one attached hydrogen (secondary N) is 2. The van der Waals surface area contributed by atoms with Gasteiger partial charge in [0.05, 0.1) is 6.54 Å². The van der Waals surface area contributed by atoms with E-state index in [9.17, 15) is 19.5 Å². The first-order valence-corrected chi connectivity index (χ1v) is 10.7. The molecule has 0 radical (unpaired) electrons. The van der Waals surface area contributed by atoms with Crippen molar-refractivity contribution in [1.29, 1.82) is 0 Å². The highest BCUT2D eigenvalue weighted by atomic mass is 16.5. The molecule has 2 aliphatic carbocycles. The lowest BCUT2D eigenvalue weighted by Gasteiger charge is -2.20. The zero-order valence-electron chi connectivity index (χ0n) is 17.5. The molecule has 0 spiro atoms. The van der Waals surface area contributed by atoms with Crippen molar-refractivity contribution in [2.75, 3.05) is 13.2 Å². The molecular formula is C24H26N2O6. The van der Waals surface area contributed by atoms with Gasteiger partial charge in [-0.1, -0.05) is 48.5 Å².